The lowest BCUT2D eigenvalue weighted by Crippen LogP contribution is -1.95. The van der Waals surface area contributed by atoms with Crippen LogP contribution in [0.4, 0.5) is 13.2 Å². The summed E-state index contributed by atoms with van der Waals surface area (Å²) in [5.74, 6) is 0.912. The van der Waals surface area contributed by atoms with E-state index >= 15 is 0 Å². The summed E-state index contributed by atoms with van der Waals surface area (Å²) in [5, 5.41) is 0. The number of halogens is 4. The molecule has 0 saturated heterocycles. The maximum Gasteiger partial charge on any atom is 0.386 e. The molecule has 0 unspecified atom stereocenters. The molecular formula is C9H10F3IO. The zero-order valence-corrected chi connectivity index (χ0v) is 9.89. The zero-order chi connectivity index (χ0) is 11.2. The molecule has 1 aromatic rings. The number of hydrogen-bond acceptors (Lipinski definition) is 1. The van der Waals surface area contributed by atoms with Gasteiger partial charge in [-0.25, -0.2) is 0 Å². The summed E-state index contributed by atoms with van der Waals surface area (Å²) in [4.78, 5) is 0. The van der Waals surface area contributed by atoms with E-state index < -0.39 is 6.18 Å². The summed E-state index contributed by atoms with van der Waals surface area (Å²) in [7, 11) is 1.67. The van der Waals surface area contributed by atoms with Crippen LogP contribution < -0.4 is 4.74 Å². The second-order valence-electron chi connectivity index (χ2n) is 2.44. The van der Waals surface area contributed by atoms with Crippen LogP contribution in [0.2, 0.25) is 0 Å². The van der Waals surface area contributed by atoms with Crippen LogP contribution >= 0.6 is 22.6 Å². The topological polar surface area (TPSA) is 9.23 Å². The summed E-state index contributed by atoms with van der Waals surface area (Å²) in [6.45, 7) is 0.188. The normalized spacial score (nSPS) is 10.1. The van der Waals surface area contributed by atoms with Crippen molar-refractivity contribution in [2.45, 2.75) is 13.1 Å². The first-order valence-corrected chi connectivity index (χ1v) is 4.77. The average Bonchev–Trinajstić information content (AvgIpc) is 2.03. The van der Waals surface area contributed by atoms with Gasteiger partial charge in [0.25, 0.3) is 0 Å². The molecule has 0 aliphatic rings. The molecule has 0 radical (unpaired) electrons. The van der Waals surface area contributed by atoms with Crippen LogP contribution in [0.1, 0.15) is 6.92 Å². The Kier molecular flexibility index (Phi) is 5.90. The highest BCUT2D eigenvalue weighted by molar-refractivity contribution is 14.1. The lowest BCUT2D eigenvalue weighted by Gasteiger charge is -1.96. The van der Waals surface area contributed by atoms with Crippen LogP contribution in [0.5, 0.6) is 5.75 Å². The Balaban J connectivity index is 0.000000292. The molecule has 0 amide bonds. The predicted molar refractivity (Wildman–Crippen MR) is 57.4 cm³/mol. The fraction of sp³-hybridized carbons (Fsp3) is 0.333. The zero-order valence-electron chi connectivity index (χ0n) is 7.73. The molecule has 0 atom stereocenters. The summed E-state index contributed by atoms with van der Waals surface area (Å²) in [6, 6.07) is 7.92. The molecule has 5 heteroatoms. The molecule has 0 aliphatic carbocycles. The number of benzene rings is 1. The second kappa shape index (κ2) is 6.10. The Hall–Kier alpha value is -0.460. The minimum atomic E-state index is -4.00. The van der Waals surface area contributed by atoms with Crippen LogP contribution in [-0.2, 0) is 0 Å². The van der Waals surface area contributed by atoms with E-state index in [-0.39, 0.29) is 6.92 Å². The Morgan fingerprint density at radius 1 is 1.14 bits per heavy atom. The highest BCUT2D eigenvalue weighted by Gasteiger charge is 2.15. The van der Waals surface area contributed by atoms with E-state index in [1.54, 1.807) is 7.11 Å². The van der Waals surface area contributed by atoms with Gasteiger partial charge in [0.15, 0.2) is 0 Å². The average molecular weight is 318 g/mol. The van der Waals surface area contributed by atoms with Gasteiger partial charge in [0.1, 0.15) is 5.75 Å². The second-order valence-corrected chi connectivity index (χ2v) is 3.68. The van der Waals surface area contributed by atoms with Crippen LogP contribution in [0.3, 0.4) is 0 Å². The first-order chi connectivity index (χ1) is 6.33. The Morgan fingerprint density at radius 3 is 1.79 bits per heavy atom. The van der Waals surface area contributed by atoms with Crippen LogP contribution in [0.25, 0.3) is 0 Å². The lowest BCUT2D eigenvalue weighted by molar-refractivity contribution is -0.110. The van der Waals surface area contributed by atoms with Crippen molar-refractivity contribution in [3.05, 3.63) is 27.8 Å². The monoisotopic (exact) mass is 318 g/mol. The van der Waals surface area contributed by atoms with Gasteiger partial charge in [-0.05, 0) is 46.9 Å². The van der Waals surface area contributed by atoms with Gasteiger partial charge >= 0.3 is 6.18 Å². The van der Waals surface area contributed by atoms with E-state index in [4.69, 9.17) is 4.74 Å². The summed E-state index contributed by atoms with van der Waals surface area (Å²) >= 11 is 2.26. The first-order valence-electron chi connectivity index (χ1n) is 3.69. The number of rotatable bonds is 1. The van der Waals surface area contributed by atoms with E-state index in [0.29, 0.717) is 0 Å². The summed E-state index contributed by atoms with van der Waals surface area (Å²) in [5.41, 5.74) is 0. The fourth-order valence-electron chi connectivity index (χ4n) is 0.571. The lowest BCUT2D eigenvalue weighted by atomic mass is 10.3. The molecule has 0 aliphatic heterocycles. The third kappa shape index (κ3) is 9.63. The molecule has 0 heterocycles. The smallest absolute Gasteiger partial charge is 0.386 e. The highest BCUT2D eigenvalue weighted by Crippen LogP contribution is 2.12. The van der Waals surface area contributed by atoms with Crippen molar-refractivity contribution in [3.63, 3.8) is 0 Å². The van der Waals surface area contributed by atoms with Crippen LogP contribution in [-0.4, -0.2) is 13.3 Å². The third-order valence-corrected chi connectivity index (χ3v) is 1.77. The van der Waals surface area contributed by atoms with E-state index in [1.165, 1.54) is 3.57 Å². The summed E-state index contributed by atoms with van der Waals surface area (Å²) in [6.07, 6.45) is -4.00. The molecule has 0 spiro atoms. The fourth-order valence-corrected chi connectivity index (χ4v) is 0.930. The molecule has 80 valence electrons. The van der Waals surface area contributed by atoms with Gasteiger partial charge in [0.2, 0.25) is 0 Å². The number of hydrogen-bond donors (Lipinski definition) is 0. The number of alkyl halides is 3. The molecule has 14 heavy (non-hydrogen) atoms. The molecule has 0 N–H and O–H groups in total. The van der Waals surface area contributed by atoms with Gasteiger partial charge in [-0.1, -0.05) is 0 Å². The van der Waals surface area contributed by atoms with Crippen LogP contribution in [0.15, 0.2) is 24.3 Å². The van der Waals surface area contributed by atoms with Gasteiger partial charge in [-0.15, -0.1) is 0 Å². The van der Waals surface area contributed by atoms with E-state index in [2.05, 4.69) is 22.6 Å². The SMILES string of the molecule is CC(F)(F)F.COc1ccc(I)cc1. The molecule has 1 aromatic carbocycles. The van der Waals surface area contributed by atoms with Crippen molar-refractivity contribution in [1.82, 2.24) is 0 Å². The molecule has 0 bridgehead atoms. The molecular weight excluding hydrogens is 308 g/mol. The highest BCUT2D eigenvalue weighted by atomic mass is 127. The van der Waals surface area contributed by atoms with Crippen molar-refractivity contribution in [2.75, 3.05) is 7.11 Å². The standard InChI is InChI=1S/C7H7IO.C2H3F3/c1-9-7-4-2-6(8)3-5-7;1-2(3,4)5/h2-5H,1H3;1H3. The molecule has 0 fully saturated rings. The van der Waals surface area contributed by atoms with E-state index in [0.717, 1.165) is 5.75 Å². The van der Waals surface area contributed by atoms with Crippen LogP contribution in [0, 0.1) is 3.57 Å². The van der Waals surface area contributed by atoms with E-state index in [9.17, 15) is 13.2 Å². The predicted octanol–water partition coefficient (Wildman–Crippen LogP) is 3.87. The van der Waals surface area contributed by atoms with Gasteiger partial charge in [-0.2, -0.15) is 13.2 Å². The Bertz CT molecular complexity index is 250. The largest absolute Gasteiger partial charge is 0.497 e. The molecule has 1 rings (SSSR count). The van der Waals surface area contributed by atoms with Gasteiger partial charge in [0, 0.05) is 10.5 Å². The van der Waals surface area contributed by atoms with E-state index in [1.807, 2.05) is 24.3 Å². The molecule has 0 saturated carbocycles. The van der Waals surface area contributed by atoms with Crippen molar-refractivity contribution in [3.8, 4) is 5.75 Å². The Labute approximate surface area is 94.4 Å². The Morgan fingerprint density at radius 2 is 1.50 bits per heavy atom. The minimum absolute atomic E-state index is 0.188. The van der Waals surface area contributed by atoms with Crippen molar-refractivity contribution in [1.29, 1.82) is 0 Å². The van der Waals surface area contributed by atoms with Crippen molar-refractivity contribution >= 4 is 22.6 Å². The van der Waals surface area contributed by atoms with Crippen molar-refractivity contribution < 1.29 is 17.9 Å². The molecule has 0 aromatic heterocycles. The maximum atomic E-state index is 10.4. The maximum absolute atomic E-state index is 10.4. The summed E-state index contributed by atoms with van der Waals surface area (Å²) < 4.78 is 37.3. The van der Waals surface area contributed by atoms with Gasteiger partial charge in [0.05, 0.1) is 7.11 Å². The number of methoxy groups -OCH3 is 1. The van der Waals surface area contributed by atoms with Gasteiger partial charge in [-0.3, -0.25) is 0 Å². The van der Waals surface area contributed by atoms with Gasteiger partial charge < -0.3 is 4.74 Å². The third-order valence-electron chi connectivity index (χ3n) is 1.05. The van der Waals surface area contributed by atoms with Crippen molar-refractivity contribution in [2.24, 2.45) is 0 Å². The minimum Gasteiger partial charge on any atom is -0.497 e. The quantitative estimate of drug-likeness (QED) is 0.714. The number of ether oxygens (including phenoxy) is 1. The molecule has 1 nitrogen and oxygen atoms in total. The first kappa shape index (κ1) is 13.5.